The van der Waals surface area contributed by atoms with Crippen molar-refractivity contribution in [1.82, 2.24) is 0 Å². The molecule has 5 rings (SSSR count). The van der Waals surface area contributed by atoms with Gasteiger partial charge in [-0.25, -0.2) is 4.79 Å². The third-order valence-electron chi connectivity index (χ3n) is 8.57. The predicted octanol–water partition coefficient (Wildman–Crippen LogP) is 9.57. The molecule has 1 N–H and O–H groups in total. The van der Waals surface area contributed by atoms with Crippen LogP contribution < -0.4 is 9.47 Å². The predicted molar refractivity (Wildman–Crippen MR) is 172 cm³/mol. The molecule has 5 nitrogen and oxygen atoms in total. The zero-order valence-corrected chi connectivity index (χ0v) is 26.5. The van der Waals surface area contributed by atoms with Gasteiger partial charge in [-0.05, 0) is 69.5 Å². The highest BCUT2D eigenvalue weighted by Gasteiger charge is 2.39. The minimum absolute atomic E-state index is 0.131. The highest BCUT2D eigenvalue weighted by atomic mass is 16.5. The molecular formula is C38H40O5. The number of aldehydes is 1. The average Bonchev–Trinajstić information content (AvgIpc) is 2.95. The smallest absolute Gasteiger partial charge is 0.335 e. The Morgan fingerprint density at radius 1 is 0.767 bits per heavy atom. The van der Waals surface area contributed by atoms with Crippen molar-refractivity contribution >= 4 is 12.3 Å². The van der Waals surface area contributed by atoms with Gasteiger partial charge < -0.3 is 14.6 Å². The van der Waals surface area contributed by atoms with Crippen LogP contribution in [0.4, 0.5) is 0 Å². The molecular weight excluding hydrogens is 536 g/mol. The largest absolute Gasteiger partial charge is 0.496 e. The molecule has 1 aliphatic rings. The average molecular weight is 577 g/mol. The van der Waals surface area contributed by atoms with Gasteiger partial charge in [-0.3, -0.25) is 4.79 Å². The molecule has 1 heterocycles. The molecule has 0 fully saturated rings. The van der Waals surface area contributed by atoms with Gasteiger partial charge in [-0.2, -0.15) is 0 Å². The second kappa shape index (κ2) is 10.4. The summed E-state index contributed by atoms with van der Waals surface area (Å²) in [6.45, 7) is 17.7. The number of hydrogen-bond donors (Lipinski definition) is 1. The van der Waals surface area contributed by atoms with Gasteiger partial charge in [-0.15, -0.1) is 0 Å². The van der Waals surface area contributed by atoms with Crippen molar-refractivity contribution < 1.29 is 24.2 Å². The van der Waals surface area contributed by atoms with Gasteiger partial charge in [0, 0.05) is 27.7 Å². The van der Waals surface area contributed by atoms with Crippen molar-refractivity contribution in [3.63, 3.8) is 0 Å². The van der Waals surface area contributed by atoms with Crippen LogP contribution in [0.1, 0.15) is 98.4 Å². The number of carboxylic acid groups (broad SMARTS) is 1. The van der Waals surface area contributed by atoms with E-state index in [1.807, 2.05) is 30.3 Å². The Labute approximate surface area is 254 Å². The maximum atomic E-state index is 12.0. The Kier molecular flexibility index (Phi) is 7.28. The SMILES string of the molecule is COc1ccc(-c2cc(C(C)(C)C)cc3c2Oc2c(-c4ccc(C(=O)O)cc4)cc(C(C)(C)C)cc2C3(C)C)cc1C=O. The van der Waals surface area contributed by atoms with E-state index in [4.69, 9.17) is 9.47 Å². The lowest BCUT2D eigenvalue weighted by Gasteiger charge is -2.39. The lowest BCUT2D eigenvalue weighted by Crippen LogP contribution is -2.27. The fraction of sp³-hybridized carbons (Fsp3) is 0.316. The van der Waals surface area contributed by atoms with E-state index in [1.54, 1.807) is 19.2 Å². The molecule has 4 aromatic carbocycles. The summed E-state index contributed by atoms with van der Waals surface area (Å²) in [5.41, 5.74) is 8.05. The third-order valence-corrected chi connectivity index (χ3v) is 8.57. The minimum atomic E-state index is -0.961. The number of methoxy groups -OCH3 is 1. The van der Waals surface area contributed by atoms with Gasteiger partial charge in [0.05, 0.1) is 18.2 Å². The molecule has 0 saturated carbocycles. The van der Waals surface area contributed by atoms with E-state index in [0.717, 1.165) is 51.2 Å². The number of aromatic carboxylic acids is 1. The number of carbonyl (C=O) groups is 2. The first-order valence-electron chi connectivity index (χ1n) is 14.6. The minimum Gasteiger partial charge on any atom is -0.496 e. The molecule has 4 aromatic rings. The van der Waals surface area contributed by atoms with Crippen molar-refractivity contribution in [2.24, 2.45) is 0 Å². The molecule has 0 aromatic heterocycles. The van der Waals surface area contributed by atoms with E-state index < -0.39 is 11.4 Å². The van der Waals surface area contributed by atoms with Crippen LogP contribution in [0.2, 0.25) is 0 Å². The zero-order valence-electron chi connectivity index (χ0n) is 26.5. The van der Waals surface area contributed by atoms with Crippen molar-refractivity contribution in [3.05, 3.63) is 100 Å². The normalized spacial score (nSPS) is 13.9. The molecule has 0 amide bonds. The van der Waals surface area contributed by atoms with Crippen molar-refractivity contribution in [2.75, 3.05) is 7.11 Å². The standard InChI is InChI=1S/C38H40O5/c1-36(2,3)26-17-28(22-10-12-23(13-11-22)35(40)41)33-30(19-26)38(7,8)31-20-27(37(4,5)6)18-29(34(31)43-33)24-14-15-32(42-9)25(16-24)21-39/h10-21H,1-9H3,(H,40,41). The maximum Gasteiger partial charge on any atom is 0.335 e. The summed E-state index contributed by atoms with van der Waals surface area (Å²) in [7, 11) is 1.56. The summed E-state index contributed by atoms with van der Waals surface area (Å²) >= 11 is 0. The molecule has 1 aliphatic heterocycles. The number of ether oxygens (including phenoxy) is 2. The summed E-state index contributed by atoms with van der Waals surface area (Å²) < 4.78 is 12.4. The van der Waals surface area contributed by atoms with E-state index in [0.29, 0.717) is 11.3 Å². The summed E-state index contributed by atoms with van der Waals surface area (Å²) in [5, 5.41) is 9.50. The summed E-state index contributed by atoms with van der Waals surface area (Å²) in [4.78, 5) is 23.6. The van der Waals surface area contributed by atoms with Crippen LogP contribution in [0.5, 0.6) is 17.2 Å². The van der Waals surface area contributed by atoms with E-state index in [-0.39, 0.29) is 16.4 Å². The van der Waals surface area contributed by atoms with E-state index in [2.05, 4.69) is 79.7 Å². The molecule has 5 heteroatoms. The van der Waals surface area contributed by atoms with Crippen LogP contribution in [0.15, 0.2) is 66.7 Å². The van der Waals surface area contributed by atoms with Crippen LogP contribution in [0.25, 0.3) is 22.3 Å². The van der Waals surface area contributed by atoms with Gasteiger partial charge in [0.2, 0.25) is 0 Å². The Morgan fingerprint density at radius 2 is 1.26 bits per heavy atom. The number of carboxylic acids is 1. The van der Waals surface area contributed by atoms with Crippen molar-refractivity contribution in [3.8, 4) is 39.5 Å². The number of hydrogen-bond acceptors (Lipinski definition) is 4. The topological polar surface area (TPSA) is 72.8 Å². The van der Waals surface area contributed by atoms with Gasteiger partial charge >= 0.3 is 5.97 Å². The lowest BCUT2D eigenvalue weighted by atomic mass is 9.70. The van der Waals surface area contributed by atoms with Crippen LogP contribution in [0.3, 0.4) is 0 Å². The molecule has 0 atom stereocenters. The van der Waals surface area contributed by atoms with Crippen molar-refractivity contribution in [1.29, 1.82) is 0 Å². The molecule has 0 spiro atoms. The molecule has 43 heavy (non-hydrogen) atoms. The third kappa shape index (κ3) is 5.33. The van der Waals surface area contributed by atoms with Crippen LogP contribution in [-0.2, 0) is 16.2 Å². The summed E-state index contributed by atoms with van der Waals surface area (Å²) in [5.74, 6) is 1.06. The van der Waals surface area contributed by atoms with E-state index in [9.17, 15) is 14.7 Å². The molecule has 0 bridgehead atoms. The molecule has 0 saturated heterocycles. The Bertz CT molecular complexity index is 1750. The fourth-order valence-electron chi connectivity index (χ4n) is 5.73. The molecule has 0 radical (unpaired) electrons. The summed E-state index contributed by atoms with van der Waals surface area (Å²) in [6, 6.07) is 21.5. The Hall–Kier alpha value is -4.38. The Balaban J connectivity index is 1.83. The Morgan fingerprint density at radius 3 is 1.70 bits per heavy atom. The number of carbonyl (C=O) groups excluding carboxylic acids is 1. The van der Waals surface area contributed by atoms with Gasteiger partial charge in [0.15, 0.2) is 6.29 Å². The summed E-state index contributed by atoms with van der Waals surface area (Å²) in [6.07, 6.45) is 0.815. The first kappa shape index (κ1) is 30.1. The highest BCUT2D eigenvalue weighted by molar-refractivity contribution is 5.89. The number of rotatable bonds is 5. The highest BCUT2D eigenvalue weighted by Crippen LogP contribution is 2.56. The van der Waals surface area contributed by atoms with Crippen molar-refractivity contribution in [2.45, 2.75) is 71.6 Å². The van der Waals surface area contributed by atoms with Crippen LogP contribution in [0, 0.1) is 0 Å². The van der Waals surface area contributed by atoms with Crippen LogP contribution in [-0.4, -0.2) is 24.5 Å². The second-order valence-electron chi connectivity index (χ2n) is 14.0. The quantitative estimate of drug-likeness (QED) is 0.240. The number of fused-ring (bicyclic) bond motifs is 2. The van der Waals surface area contributed by atoms with Gasteiger partial charge in [0.1, 0.15) is 17.2 Å². The van der Waals surface area contributed by atoms with Crippen LogP contribution >= 0.6 is 0 Å². The maximum absolute atomic E-state index is 12.0. The fourth-order valence-corrected chi connectivity index (χ4v) is 5.73. The second-order valence-corrected chi connectivity index (χ2v) is 14.0. The van der Waals surface area contributed by atoms with Gasteiger partial charge in [0.25, 0.3) is 0 Å². The monoisotopic (exact) mass is 576 g/mol. The molecule has 0 unspecified atom stereocenters. The van der Waals surface area contributed by atoms with E-state index >= 15 is 0 Å². The first-order chi connectivity index (χ1) is 20.1. The zero-order chi connectivity index (χ0) is 31.5. The molecule has 0 aliphatic carbocycles. The van der Waals surface area contributed by atoms with Gasteiger partial charge in [-0.1, -0.05) is 85.7 Å². The van der Waals surface area contributed by atoms with E-state index in [1.165, 1.54) is 11.1 Å². The molecule has 222 valence electrons. The number of benzene rings is 4. The first-order valence-corrected chi connectivity index (χ1v) is 14.6. The lowest BCUT2D eigenvalue weighted by molar-refractivity contribution is 0.0696.